The van der Waals surface area contributed by atoms with Crippen LogP contribution in [0.2, 0.25) is 0 Å². The van der Waals surface area contributed by atoms with E-state index >= 15 is 0 Å². The van der Waals surface area contributed by atoms with Crippen LogP contribution in [0.5, 0.6) is 5.75 Å². The Balaban J connectivity index is 0.00000289. The highest BCUT2D eigenvalue weighted by Gasteiger charge is 2.04. The van der Waals surface area contributed by atoms with E-state index < -0.39 is 0 Å². The molecule has 102 valence electrons. The van der Waals surface area contributed by atoms with Crippen LogP contribution in [-0.4, -0.2) is 26.7 Å². The van der Waals surface area contributed by atoms with Crippen LogP contribution in [0, 0.1) is 5.92 Å². The van der Waals surface area contributed by atoms with Crippen LogP contribution in [0.3, 0.4) is 0 Å². The first-order valence-electron chi connectivity index (χ1n) is 5.74. The lowest BCUT2D eigenvalue weighted by Gasteiger charge is -2.13. The summed E-state index contributed by atoms with van der Waals surface area (Å²) in [6.45, 7) is 3.01. The Hall–Kier alpha value is -0.980. The van der Waals surface area contributed by atoms with Gasteiger partial charge in [0.25, 0.3) is 0 Å². The lowest BCUT2D eigenvalue weighted by Crippen LogP contribution is -2.35. The number of nitrogens with zero attached hydrogens (tertiary/aromatic N) is 1. The summed E-state index contributed by atoms with van der Waals surface area (Å²) in [4.78, 5) is 3.86. The van der Waals surface area contributed by atoms with Gasteiger partial charge in [0.05, 0.1) is 7.11 Å². The summed E-state index contributed by atoms with van der Waals surface area (Å²) in [6.07, 6.45) is 1.01. The molecular formula is C13H22IN3O. The number of benzene rings is 1. The Morgan fingerprint density at radius 3 is 2.50 bits per heavy atom. The topological polar surface area (TPSA) is 59.6 Å². The summed E-state index contributed by atoms with van der Waals surface area (Å²) < 4.78 is 5.12. The highest BCUT2D eigenvalue weighted by atomic mass is 127. The summed E-state index contributed by atoms with van der Waals surface area (Å²) in [7, 11) is 3.35. The van der Waals surface area contributed by atoms with Crippen molar-refractivity contribution in [1.29, 1.82) is 0 Å². The number of methoxy groups -OCH3 is 1. The van der Waals surface area contributed by atoms with Gasteiger partial charge in [0.1, 0.15) is 5.75 Å². The van der Waals surface area contributed by atoms with Crippen molar-refractivity contribution in [2.24, 2.45) is 16.6 Å². The Bertz CT molecular complexity index is 365. The maximum atomic E-state index is 5.57. The zero-order valence-electron chi connectivity index (χ0n) is 11.1. The number of halogens is 1. The van der Waals surface area contributed by atoms with Gasteiger partial charge >= 0.3 is 0 Å². The summed E-state index contributed by atoms with van der Waals surface area (Å²) >= 11 is 0. The second kappa shape index (κ2) is 9.02. The van der Waals surface area contributed by atoms with Gasteiger partial charge in [-0.3, -0.25) is 4.99 Å². The molecule has 1 aromatic carbocycles. The van der Waals surface area contributed by atoms with E-state index in [0.717, 1.165) is 18.7 Å². The van der Waals surface area contributed by atoms with Gasteiger partial charge in [-0.05, 0) is 30.0 Å². The number of aliphatic imine (C=N–C) groups is 1. The van der Waals surface area contributed by atoms with Crippen LogP contribution in [0.25, 0.3) is 0 Å². The first-order valence-corrected chi connectivity index (χ1v) is 5.74. The third-order valence-electron chi connectivity index (χ3n) is 2.62. The largest absolute Gasteiger partial charge is 0.497 e. The molecule has 0 amide bonds. The van der Waals surface area contributed by atoms with E-state index in [0.29, 0.717) is 11.9 Å². The summed E-state index contributed by atoms with van der Waals surface area (Å²) in [6, 6.07) is 8.15. The molecule has 18 heavy (non-hydrogen) atoms. The Kier molecular flexibility index (Phi) is 8.53. The van der Waals surface area contributed by atoms with Crippen molar-refractivity contribution < 1.29 is 4.74 Å². The summed E-state index contributed by atoms with van der Waals surface area (Å²) in [5.41, 5.74) is 6.87. The van der Waals surface area contributed by atoms with Crippen LogP contribution in [-0.2, 0) is 6.42 Å². The molecule has 0 aliphatic heterocycles. The summed E-state index contributed by atoms with van der Waals surface area (Å²) in [5.74, 6) is 1.89. The number of rotatable bonds is 5. The van der Waals surface area contributed by atoms with E-state index in [1.54, 1.807) is 14.2 Å². The third kappa shape index (κ3) is 6.09. The molecule has 3 N–H and O–H groups in total. The SMILES string of the molecule is CN=C(N)NCC(C)Cc1ccc(OC)cc1.I. The molecule has 0 spiro atoms. The predicted octanol–water partition coefficient (Wildman–Crippen LogP) is 2.03. The molecule has 0 aliphatic rings. The second-order valence-electron chi connectivity index (χ2n) is 4.15. The maximum absolute atomic E-state index is 5.57. The van der Waals surface area contributed by atoms with Gasteiger partial charge in [0.2, 0.25) is 0 Å². The van der Waals surface area contributed by atoms with Gasteiger partial charge in [-0.1, -0.05) is 19.1 Å². The Morgan fingerprint density at radius 1 is 1.39 bits per heavy atom. The van der Waals surface area contributed by atoms with Crippen molar-refractivity contribution in [1.82, 2.24) is 5.32 Å². The van der Waals surface area contributed by atoms with E-state index in [1.165, 1.54) is 5.56 Å². The molecule has 0 saturated heterocycles. The minimum atomic E-state index is 0. The van der Waals surface area contributed by atoms with Crippen LogP contribution < -0.4 is 15.8 Å². The quantitative estimate of drug-likeness (QED) is 0.478. The van der Waals surface area contributed by atoms with Crippen molar-refractivity contribution >= 4 is 29.9 Å². The molecule has 0 fully saturated rings. The fraction of sp³-hybridized carbons (Fsp3) is 0.462. The molecule has 0 heterocycles. The van der Waals surface area contributed by atoms with Crippen LogP contribution in [0.15, 0.2) is 29.3 Å². The number of nitrogens with one attached hydrogen (secondary N) is 1. The molecule has 0 radical (unpaired) electrons. The van der Waals surface area contributed by atoms with Crippen molar-refractivity contribution in [2.75, 3.05) is 20.7 Å². The molecule has 1 aromatic rings. The van der Waals surface area contributed by atoms with E-state index in [4.69, 9.17) is 10.5 Å². The lowest BCUT2D eigenvalue weighted by atomic mass is 10.0. The average Bonchev–Trinajstić information content (AvgIpc) is 2.36. The average molecular weight is 363 g/mol. The van der Waals surface area contributed by atoms with Gasteiger partial charge in [0, 0.05) is 13.6 Å². The van der Waals surface area contributed by atoms with Crippen molar-refractivity contribution in [3.63, 3.8) is 0 Å². The molecule has 1 atom stereocenters. The van der Waals surface area contributed by atoms with Crippen molar-refractivity contribution in [2.45, 2.75) is 13.3 Å². The molecule has 1 rings (SSSR count). The van der Waals surface area contributed by atoms with E-state index in [1.807, 2.05) is 12.1 Å². The first-order chi connectivity index (χ1) is 8.15. The van der Waals surface area contributed by atoms with E-state index in [2.05, 4.69) is 29.4 Å². The first kappa shape index (κ1) is 17.0. The molecule has 4 nitrogen and oxygen atoms in total. The van der Waals surface area contributed by atoms with Crippen molar-refractivity contribution in [3.8, 4) is 5.75 Å². The van der Waals surface area contributed by atoms with Crippen LogP contribution in [0.1, 0.15) is 12.5 Å². The van der Waals surface area contributed by atoms with Crippen LogP contribution in [0.4, 0.5) is 0 Å². The van der Waals surface area contributed by atoms with Crippen LogP contribution >= 0.6 is 24.0 Å². The number of nitrogens with two attached hydrogens (primary N) is 1. The zero-order chi connectivity index (χ0) is 12.7. The van der Waals surface area contributed by atoms with Gasteiger partial charge in [0.15, 0.2) is 5.96 Å². The fourth-order valence-corrected chi connectivity index (χ4v) is 1.59. The molecule has 0 aliphatic carbocycles. The van der Waals surface area contributed by atoms with Gasteiger partial charge in [-0.2, -0.15) is 0 Å². The van der Waals surface area contributed by atoms with E-state index in [9.17, 15) is 0 Å². The standard InChI is InChI=1S/C13H21N3O.HI/c1-10(9-16-13(14)15-2)8-11-4-6-12(17-3)7-5-11;/h4-7,10H,8-9H2,1-3H3,(H3,14,15,16);1H. The normalized spacial score (nSPS) is 12.5. The Labute approximate surface area is 126 Å². The van der Waals surface area contributed by atoms with Gasteiger partial charge in [-0.25, -0.2) is 0 Å². The van der Waals surface area contributed by atoms with Gasteiger partial charge in [-0.15, -0.1) is 24.0 Å². The maximum Gasteiger partial charge on any atom is 0.188 e. The smallest absolute Gasteiger partial charge is 0.188 e. The number of guanidine groups is 1. The summed E-state index contributed by atoms with van der Waals surface area (Å²) in [5, 5.41) is 3.08. The highest BCUT2D eigenvalue weighted by molar-refractivity contribution is 14.0. The zero-order valence-corrected chi connectivity index (χ0v) is 13.5. The minimum Gasteiger partial charge on any atom is -0.497 e. The lowest BCUT2D eigenvalue weighted by molar-refractivity contribution is 0.414. The molecule has 0 aromatic heterocycles. The van der Waals surface area contributed by atoms with Crippen molar-refractivity contribution in [3.05, 3.63) is 29.8 Å². The molecule has 5 heteroatoms. The predicted molar refractivity (Wildman–Crippen MR) is 86.8 cm³/mol. The number of hydrogen-bond acceptors (Lipinski definition) is 2. The monoisotopic (exact) mass is 363 g/mol. The van der Waals surface area contributed by atoms with E-state index in [-0.39, 0.29) is 24.0 Å². The third-order valence-corrected chi connectivity index (χ3v) is 2.62. The minimum absolute atomic E-state index is 0. The van der Waals surface area contributed by atoms with Gasteiger partial charge < -0.3 is 15.8 Å². The molecule has 1 unspecified atom stereocenters. The Morgan fingerprint density at radius 2 is 2.00 bits per heavy atom. The molecular weight excluding hydrogens is 341 g/mol. The fourth-order valence-electron chi connectivity index (χ4n) is 1.59. The second-order valence-corrected chi connectivity index (χ2v) is 4.15. The number of ether oxygens (including phenoxy) is 1. The molecule has 0 saturated carbocycles. The molecule has 0 bridgehead atoms. The number of hydrogen-bond donors (Lipinski definition) is 2. The highest BCUT2D eigenvalue weighted by Crippen LogP contribution is 2.14.